The van der Waals surface area contributed by atoms with E-state index in [1.165, 1.54) is 11.2 Å². The number of hydrogen-bond acceptors (Lipinski definition) is 4. The minimum Gasteiger partial charge on any atom is -0.393 e. The number of carbonyl (C=O) groups is 1. The van der Waals surface area contributed by atoms with E-state index < -0.39 is 12.3 Å². The van der Waals surface area contributed by atoms with E-state index in [4.69, 9.17) is 5.11 Å². The van der Waals surface area contributed by atoms with Gasteiger partial charge < -0.3 is 10.0 Å². The van der Waals surface area contributed by atoms with Gasteiger partial charge in [-0.3, -0.25) is 4.79 Å². The van der Waals surface area contributed by atoms with Gasteiger partial charge in [0.1, 0.15) is 12.7 Å². The number of amides is 1. The number of nitrogens with zero attached hydrogens (tertiary/aromatic N) is 4. The lowest BCUT2D eigenvalue weighted by atomic mass is 9.95. The third-order valence-corrected chi connectivity index (χ3v) is 3.90. The lowest BCUT2D eigenvalue weighted by Gasteiger charge is -2.36. The van der Waals surface area contributed by atoms with Crippen molar-refractivity contribution < 1.29 is 14.3 Å². The number of benzene rings is 1. The molecule has 0 spiro atoms. The molecule has 1 N–H and O–H groups in total. The average Bonchev–Trinajstić information content (AvgIpc) is 3.09. The third kappa shape index (κ3) is 2.85. The molecule has 1 aliphatic rings. The Morgan fingerprint density at radius 1 is 1.36 bits per heavy atom. The Morgan fingerprint density at radius 2 is 2.14 bits per heavy atom. The Balaban J connectivity index is 1.75. The monoisotopic (exact) mass is 304 g/mol. The lowest BCUT2D eigenvalue weighted by Crippen LogP contribution is -2.49. The molecule has 2 heterocycles. The highest BCUT2D eigenvalue weighted by Gasteiger charge is 2.36. The number of aromatic nitrogens is 3. The first kappa shape index (κ1) is 14.6. The van der Waals surface area contributed by atoms with Crippen molar-refractivity contribution in [3.8, 4) is 5.69 Å². The Bertz CT molecular complexity index is 644. The summed E-state index contributed by atoms with van der Waals surface area (Å²) < 4.78 is 15.8. The molecule has 0 unspecified atom stereocenters. The van der Waals surface area contributed by atoms with Crippen LogP contribution in [-0.4, -0.2) is 56.0 Å². The minimum atomic E-state index is -1.69. The summed E-state index contributed by atoms with van der Waals surface area (Å²) in [4.78, 5) is 17.8. The SMILES string of the molecule is O=C(c1ccc(-n2cncn2)cc1)N1CCC[C@@](F)(CO)C1. The fraction of sp³-hybridized carbons (Fsp3) is 0.400. The number of piperidine rings is 1. The molecule has 1 aromatic carbocycles. The summed E-state index contributed by atoms with van der Waals surface area (Å²) in [7, 11) is 0. The molecule has 1 aromatic heterocycles. The Labute approximate surface area is 127 Å². The minimum absolute atomic E-state index is 0.0623. The van der Waals surface area contributed by atoms with Gasteiger partial charge in [-0.1, -0.05) is 0 Å². The fourth-order valence-electron chi connectivity index (χ4n) is 2.67. The molecule has 22 heavy (non-hydrogen) atoms. The normalized spacial score (nSPS) is 21.8. The molecule has 1 amide bonds. The van der Waals surface area contributed by atoms with Gasteiger partial charge in [0.05, 0.1) is 18.8 Å². The van der Waals surface area contributed by atoms with E-state index in [9.17, 15) is 9.18 Å². The summed E-state index contributed by atoms with van der Waals surface area (Å²) in [6.07, 6.45) is 3.85. The maximum Gasteiger partial charge on any atom is 0.253 e. The van der Waals surface area contributed by atoms with E-state index in [1.54, 1.807) is 35.3 Å². The summed E-state index contributed by atoms with van der Waals surface area (Å²) in [6.45, 7) is -0.107. The summed E-state index contributed by atoms with van der Waals surface area (Å²) >= 11 is 0. The molecule has 116 valence electrons. The molecule has 7 heteroatoms. The molecule has 6 nitrogen and oxygen atoms in total. The van der Waals surface area contributed by atoms with Crippen molar-refractivity contribution in [3.63, 3.8) is 0 Å². The lowest BCUT2D eigenvalue weighted by molar-refractivity contribution is 0.00174. The smallest absolute Gasteiger partial charge is 0.253 e. The van der Waals surface area contributed by atoms with Crippen molar-refractivity contribution in [1.29, 1.82) is 0 Å². The van der Waals surface area contributed by atoms with Crippen molar-refractivity contribution in [2.24, 2.45) is 0 Å². The quantitative estimate of drug-likeness (QED) is 0.925. The summed E-state index contributed by atoms with van der Waals surface area (Å²) in [5.41, 5.74) is -0.400. The molecule has 1 atom stereocenters. The maximum atomic E-state index is 14.2. The van der Waals surface area contributed by atoms with E-state index in [0.717, 1.165) is 5.69 Å². The van der Waals surface area contributed by atoms with Gasteiger partial charge in [-0.15, -0.1) is 0 Å². The van der Waals surface area contributed by atoms with Gasteiger partial charge in [0.15, 0.2) is 5.67 Å². The summed E-state index contributed by atoms with van der Waals surface area (Å²) in [5, 5.41) is 13.1. The highest BCUT2D eigenvalue weighted by Crippen LogP contribution is 2.26. The number of rotatable bonds is 3. The number of hydrogen-bond donors (Lipinski definition) is 1. The zero-order valence-corrected chi connectivity index (χ0v) is 12.0. The van der Waals surface area contributed by atoms with Crippen LogP contribution in [0.5, 0.6) is 0 Å². The Morgan fingerprint density at radius 3 is 2.77 bits per heavy atom. The van der Waals surface area contributed by atoms with Crippen LogP contribution in [0.3, 0.4) is 0 Å². The number of aliphatic hydroxyl groups excluding tert-OH is 1. The molecule has 0 saturated carbocycles. The first-order chi connectivity index (χ1) is 10.6. The van der Waals surface area contributed by atoms with Gasteiger partial charge in [0, 0.05) is 12.1 Å². The van der Waals surface area contributed by atoms with Crippen molar-refractivity contribution in [2.45, 2.75) is 18.5 Å². The van der Waals surface area contributed by atoms with Crippen LogP contribution in [0, 0.1) is 0 Å². The van der Waals surface area contributed by atoms with E-state index >= 15 is 0 Å². The molecule has 1 aliphatic heterocycles. The molecule has 0 radical (unpaired) electrons. The summed E-state index contributed by atoms with van der Waals surface area (Å²) in [6, 6.07) is 6.90. The molecule has 1 saturated heterocycles. The first-order valence-electron chi connectivity index (χ1n) is 7.15. The van der Waals surface area contributed by atoms with Gasteiger partial charge in [-0.05, 0) is 37.1 Å². The number of likely N-dealkylation sites (tertiary alicyclic amines) is 1. The number of aliphatic hydroxyl groups is 1. The van der Waals surface area contributed by atoms with Crippen LogP contribution in [0.25, 0.3) is 5.69 Å². The Kier molecular flexibility index (Phi) is 3.89. The molecule has 0 bridgehead atoms. The Hall–Kier alpha value is -2.28. The first-order valence-corrected chi connectivity index (χ1v) is 7.15. The van der Waals surface area contributed by atoms with Gasteiger partial charge in [0.25, 0.3) is 5.91 Å². The van der Waals surface area contributed by atoms with E-state index in [2.05, 4.69) is 10.1 Å². The second-order valence-corrected chi connectivity index (χ2v) is 5.53. The predicted octanol–water partition coefficient (Wildman–Crippen LogP) is 1.20. The molecule has 0 aliphatic carbocycles. The number of halogens is 1. The van der Waals surface area contributed by atoms with Crippen LogP contribution in [0.2, 0.25) is 0 Å². The van der Waals surface area contributed by atoms with Crippen molar-refractivity contribution >= 4 is 5.91 Å². The molecule has 3 rings (SSSR count). The van der Waals surface area contributed by atoms with Crippen LogP contribution in [0.1, 0.15) is 23.2 Å². The summed E-state index contributed by atoms with van der Waals surface area (Å²) in [5.74, 6) is -0.222. The zero-order valence-electron chi connectivity index (χ0n) is 12.0. The van der Waals surface area contributed by atoms with Crippen LogP contribution in [0.4, 0.5) is 4.39 Å². The fourth-order valence-corrected chi connectivity index (χ4v) is 2.67. The standard InChI is InChI=1S/C15H17FN4O2/c16-15(9-21)6-1-7-19(8-15)14(22)12-2-4-13(5-3-12)20-11-17-10-18-20/h2-5,10-11,21H,1,6-9H2/t15-/m0/s1. The van der Waals surface area contributed by atoms with Crippen molar-refractivity contribution in [3.05, 3.63) is 42.5 Å². The van der Waals surface area contributed by atoms with Crippen LogP contribution in [-0.2, 0) is 0 Å². The van der Waals surface area contributed by atoms with Crippen LogP contribution >= 0.6 is 0 Å². The predicted molar refractivity (Wildman–Crippen MR) is 77.4 cm³/mol. The average molecular weight is 304 g/mol. The van der Waals surface area contributed by atoms with Crippen LogP contribution in [0.15, 0.2) is 36.9 Å². The van der Waals surface area contributed by atoms with Crippen LogP contribution < -0.4 is 0 Å². The number of carbonyl (C=O) groups excluding carboxylic acids is 1. The maximum absolute atomic E-state index is 14.2. The van der Waals surface area contributed by atoms with Gasteiger partial charge in [0.2, 0.25) is 0 Å². The number of alkyl halides is 1. The van der Waals surface area contributed by atoms with Gasteiger partial charge in [-0.25, -0.2) is 14.1 Å². The second-order valence-electron chi connectivity index (χ2n) is 5.53. The van der Waals surface area contributed by atoms with Crippen molar-refractivity contribution in [1.82, 2.24) is 19.7 Å². The van der Waals surface area contributed by atoms with Gasteiger partial charge >= 0.3 is 0 Å². The largest absolute Gasteiger partial charge is 0.393 e. The van der Waals surface area contributed by atoms with E-state index in [-0.39, 0.29) is 12.5 Å². The highest BCUT2D eigenvalue weighted by molar-refractivity contribution is 5.94. The third-order valence-electron chi connectivity index (χ3n) is 3.90. The molecule has 2 aromatic rings. The topological polar surface area (TPSA) is 71.2 Å². The zero-order chi connectivity index (χ0) is 15.6. The van der Waals surface area contributed by atoms with Gasteiger partial charge in [-0.2, -0.15) is 5.10 Å². The highest BCUT2D eigenvalue weighted by atomic mass is 19.1. The van der Waals surface area contributed by atoms with E-state index in [1.807, 2.05) is 0 Å². The van der Waals surface area contributed by atoms with Crippen molar-refractivity contribution in [2.75, 3.05) is 19.7 Å². The molecular weight excluding hydrogens is 287 g/mol. The second kappa shape index (κ2) is 5.84. The van der Waals surface area contributed by atoms with E-state index in [0.29, 0.717) is 24.9 Å². The molecular formula is C15H17FN4O2. The molecule has 1 fully saturated rings.